The number of aliphatic hydroxyl groups is 1. The first-order valence-electron chi connectivity index (χ1n) is 5.72. The molecule has 0 aromatic rings. The Hall–Kier alpha value is -0.300. The minimum absolute atomic E-state index is 0.369. The number of rotatable bonds is 3. The summed E-state index contributed by atoms with van der Waals surface area (Å²) >= 11 is 0. The number of hydrogen-bond acceptors (Lipinski definition) is 1. The van der Waals surface area contributed by atoms with Gasteiger partial charge in [-0.1, -0.05) is 11.6 Å². The van der Waals surface area contributed by atoms with Gasteiger partial charge >= 0.3 is 0 Å². The molecule has 1 saturated carbocycles. The van der Waals surface area contributed by atoms with E-state index < -0.39 is 0 Å². The largest absolute Gasteiger partial charge is 0.396 e. The van der Waals surface area contributed by atoms with Crippen LogP contribution in [0.1, 0.15) is 44.9 Å². The molecule has 0 spiro atoms. The third-order valence-corrected chi connectivity index (χ3v) is 3.65. The Kier molecular flexibility index (Phi) is 3.05. The van der Waals surface area contributed by atoms with Gasteiger partial charge in [0.1, 0.15) is 0 Å². The maximum Gasteiger partial charge on any atom is 0.0431 e. The zero-order chi connectivity index (χ0) is 9.10. The topological polar surface area (TPSA) is 20.2 Å². The quantitative estimate of drug-likeness (QED) is 0.662. The van der Waals surface area contributed by atoms with Crippen LogP contribution in [0.25, 0.3) is 0 Å². The average molecular weight is 180 g/mol. The van der Waals surface area contributed by atoms with Crippen LogP contribution in [0.4, 0.5) is 0 Å². The van der Waals surface area contributed by atoms with E-state index in [0.29, 0.717) is 6.61 Å². The molecule has 2 rings (SSSR count). The zero-order valence-corrected chi connectivity index (χ0v) is 8.34. The van der Waals surface area contributed by atoms with Gasteiger partial charge in [-0.3, -0.25) is 0 Å². The fourth-order valence-electron chi connectivity index (χ4n) is 3.00. The van der Waals surface area contributed by atoms with Crippen LogP contribution in [0.3, 0.4) is 0 Å². The molecule has 0 radical (unpaired) electrons. The predicted molar refractivity (Wildman–Crippen MR) is 54.5 cm³/mol. The molecular weight excluding hydrogens is 160 g/mol. The molecule has 0 saturated heterocycles. The van der Waals surface area contributed by atoms with Crippen molar-refractivity contribution in [1.29, 1.82) is 0 Å². The molecule has 0 aromatic carbocycles. The van der Waals surface area contributed by atoms with Gasteiger partial charge in [-0.25, -0.2) is 0 Å². The lowest BCUT2D eigenvalue weighted by atomic mass is 9.86. The summed E-state index contributed by atoms with van der Waals surface area (Å²) in [4.78, 5) is 0. The average Bonchev–Trinajstić information content (AvgIpc) is 2.58. The molecule has 0 unspecified atom stereocenters. The molecule has 1 fully saturated rings. The molecule has 1 N–H and O–H groups in total. The van der Waals surface area contributed by atoms with Crippen LogP contribution in [-0.2, 0) is 0 Å². The van der Waals surface area contributed by atoms with Crippen molar-refractivity contribution in [2.24, 2.45) is 11.8 Å². The number of allylic oxidation sites excluding steroid dienone is 2. The first-order valence-corrected chi connectivity index (χ1v) is 5.72. The SMILES string of the molecule is OCCC[C@H]1CC[C@@H]2CCCC=C12. The molecule has 0 aromatic heterocycles. The van der Waals surface area contributed by atoms with Crippen LogP contribution < -0.4 is 0 Å². The van der Waals surface area contributed by atoms with E-state index in [-0.39, 0.29) is 0 Å². The number of aliphatic hydroxyl groups excluding tert-OH is 1. The maximum atomic E-state index is 8.80. The summed E-state index contributed by atoms with van der Waals surface area (Å²) in [6.45, 7) is 0.369. The lowest BCUT2D eigenvalue weighted by molar-refractivity contribution is 0.276. The predicted octanol–water partition coefficient (Wildman–Crippen LogP) is 2.90. The van der Waals surface area contributed by atoms with Gasteiger partial charge in [0.15, 0.2) is 0 Å². The first kappa shape index (κ1) is 9.26. The fourth-order valence-corrected chi connectivity index (χ4v) is 3.00. The highest BCUT2D eigenvalue weighted by molar-refractivity contribution is 5.17. The number of hydrogen-bond donors (Lipinski definition) is 1. The molecule has 1 nitrogen and oxygen atoms in total. The summed E-state index contributed by atoms with van der Waals surface area (Å²) in [5.74, 6) is 1.76. The van der Waals surface area contributed by atoms with Crippen molar-refractivity contribution in [3.05, 3.63) is 11.6 Å². The smallest absolute Gasteiger partial charge is 0.0431 e. The van der Waals surface area contributed by atoms with Crippen molar-refractivity contribution in [2.75, 3.05) is 6.61 Å². The monoisotopic (exact) mass is 180 g/mol. The van der Waals surface area contributed by atoms with E-state index in [4.69, 9.17) is 5.11 Å². The summed E-state index contributed by atoms with van der Waals surface area (Å²) in [5, 5.41) is 8.80. The summed E-state index contributed by atoms with van der Waals surface area (Å²) in [7, 11) is 0. The summed E-state index contributed by atoms with van der Waals surface area (Å²) in [6, 6.07) is 0. The number of fused-ring (bicyclic) bond motifs is 1. The van der Waals surface area contributed by atoms with Crippen LogP contribution in [0.5, 0.6) is 0 Å². The molecule has 0 amide bonds. The second-order valence-corrected chi connectivity index (χ2v) is 4.47. The fraction of sp³-hybridized carbons (Fsp3) is 0.833. The normalized spacial score (nSPS) is 32.8. The Bertz CT molecular complexity index is 195. The second kappa shape index (κ2) is 4.28. The van der Waals surface area contributed by atoms with Crippen LogP contribution >= 0.6 is 0 Å². The van der Waals surface area contributed by atoms with E-state index in [1.165, 1.54) is 38.5 Å². The maximum absolute atomic E-state index is 8.80. The van der Waals surface area contributed by atoms with Crippen LogP contribution in [-0.4, -0.2) is 11.7 Å². The molecule has 2 aliphatic rings. The van der Waals surface area contributed by atoms with E-state index in [2.05, 4.69) is 6.08 Å². The second-order valence-electron chi connectivity index (χ2n) is 4.47. The molecule has 2 atom stereocenters. The van der Waals surface area contributed by atoms with Gasteiger partial charge in [0.2, 0.25) is 0 Å². The Morgan fingerprint density at radius 1 is 1.31 bits per heavy atom. The van der Waals surface area contributed by atoms with Crippen molar-refractivity contribution >= 4 is 0 Å². The Morgan fingerprint density at radius 3 is 3.08 bits per heavy atom. The van der Waals surface area contributed by atoms with Crippen molar-refractivity contribution < 1.29 is 5.11 Å². The van der Waals surface area contributed by atoms with Crippen LogP contribution in [0.15, 0.2) is 11.6 Å². The van der Waals surface area contributed by atoms with E-state index in [1.807, 2.05) is 0 Å². The highest BCUT2D eigenvalue weighted by atomic mass is 16.2. The molecule has 0 heterocycles. The molecule has 74 valence electrons. The lowest BCUT2D eigenvalue weighted by Gasteiger charge is -2.20. The van der Waals surface area contributed by atoms with E-state index in [9.17, 15) is 0 Å². The minimum Gasteiger partial charge on any atom is -0.396 e. The lowest BCUT2D eigenvalue weighted by Crippen LogP contribution is -2.07. The van der Waals surface area contributed by atoms with E-state index in [0.717, 1.165) is 18.3 Å². The van der Waals surface area contributed by atoms with Gasteiger partial charge in [0.25, 0.3) is 0 Å². The van der Waals surface area contributed by atoms with Crippen LogP contribution in [0.2, 0.25) is 0 Å². The van der Waals surface area contributed by atoms with E-state index >= 15 is 0 Å². The van der Waals surface area contributed by atoms with Gasteiger partial charge in [0, 0.05) is 6.61 Å². The molecule has 0 aliphatic heterocycles. The Labute approximate surface area is 80.8 Å². The zero-order valence-electron chi connectivity index (χ0n) is 8.34. The Morgan fingerprint density at radius 2 is 2.23 bits per heavy atom. The highest BCUT2D eigenvalue weighted by Gasteiger charge is 2.30. The van der Waals surface area contributed by atoms with Crippen molar-refractivity contribution in [1.82, 2.24) is 0 Å². The van der Waals surface area contributed by atoms with Gasteiger partial charge < -0.3 is 5.11 Å². The summed E-state index contributed by atoms with van der Waals surface area (Å²) < 4.78 is 0. The van der Waals surface area contributed by atoms with Gasteiger partial charge in [-0.2, -0.15) is 0 Å². The minimum atomic E-state index is 0.369. The van der Waals surface area contributed by atoms with Crippen molar-refractivity contribution in [2.45, 2.75) is 44.9 Å². The standard InChI is InChI=1S/C12H20O/c13-9-3-5-11-8-7-10-4-1-2-6-12(10)11/h6,10-11,13H,1-5,7-9H2/t10-,11-/m0/s1. The van der Waals surface area contributed by atoms with Crippen LogP contribution in [0, 0.1) is 11.8 Å². The molecule has 0 bridgehead atoms. The molecule has 2 aliphatic carbocycles. The van der Waals surface area contributed by atoms with Gasteiger partial charge in [-0.15, -0.1) is 0 Å². The van der Waals surface area contributed by atoms with E-state index in [1.54, 1.807) is 5.57 Å². The molecular formula is C12H20O. The van der Waals surface area contributed by atoms with Crippen molar-refractivity contribution in [3.63, 3.8) is 0 Å². The third-order valence-electron chi connectivity index (χ3n) is 3.65. The van der Waals surface area contributed by atoms with Crippen molar-refractivity contribution in [3.8, 4) is 0 Å². The molecule has 13 heavy (non-hydrogen) atoms. The van der Waals surface area contributed by atoms with Gasteiger partial charge in [0.05, 0.1) is 0 Å². The van der Waals surface area contributed by atoms with Gasteiger partial charge in [-0.05, 0) is 56.8 Å². The summed E-state index contributed by atoms with van der Waals surface area (Å²) in [6.07, 6.45) is 11.7. The first-order chi connectivity index (χ1) is 6.42. The molecule has 1 heteroatoms. The Balaban J connectivity index is 1.94. The highest BCUT2D eigenvalue weighted by Crippen LogP contribution is 2.43. The summed E-state index contributed by atoms with van der Waals surface area (Å²) in [5.41, 5.74) is 1.75. The third kappa shape index (κ3) is 1.96.